The van der Waals surface area contributed by atoms with Gasteiger partial charge in [-0.05, 0) is 18.2 Å². The van der Waals surface area contributed by atoms with Crippen molar-refractivity contribution >= 4 is 17.6 Å². The number of nitrogens with zero attached hydrogens (tertiary/aromatic N) is 3. The molecule has 0 saturated carbocycles. The summed E-state index contributed by atoms with van der Waals surface area (Å²) in [4.78, 5) is 32.8. The normalized spacial score (nSPS) is 14.0. The minimum Gasteiger partial charge on any atom is -0.496 e. The Labute approximate surface area is 158 Å². The average molecular weight is 368 g/mol. The maximum atomic E-state index is 12.4. The third-order valence-corrected chi connectivity index (χ3v) is 4.59. The Balaban J connectivity index is 1.44. The molecule has 7 heteroatoms. The van der Waals surface area contributed by atoms with Gasteiger partial charge in [-0.2, -0.15) is 0 Å². The quantitative estimate of drug-likeness (QED) is 0.826. The number of ether oxygens (including phenoxy) is 1. The van der Waals surface area contributed by atoms with E-state index in [1.54, 1.807) is 18.2 Å². The molecule has 0 bridgehead atoms. The minimum atomic E-state index is -0.194. The van der Waals surface area contributed by atoms with Gasteiger partial charge in [-0.25, -0.2) is 4.98 Å². The Kier molecular flexibility index (Phi) is 6.25. The van der Waals surface area contributed by atoms with Gasteiger partial charge in [0.2, 0.25) is 11.8 Å². The Morgan fingerprint density at radius 3 is 2.52 bits per heavy atom. The molecule has 0 radical (unpaired) electrons. The third-order valence-electron chi connectivity index (χ3n) is 4.59. The van der Waals surface area contributed by atoms with E-state index >= 15 is 0 Å². The third kappa shape index (κ3) is 4.97. The molecule has 7 nitrogen and oxygen atoms in total. The summed E-state index contributed by atoms with van der Waals surface area (Å²) in [6.07, 6.45) is 1.95. The smallest absolute Gasteiger partial charge is 0.242 e. The Hall–Kier alpha value is -3.09. The summed E-state index contributed by atoms with van der Waals surface area (Å²) in [5.74, 6) is 1.34. The van der Waals surface area contributed by atoms with Gasteiger partial charge in [-0.15, -0.1) is 0 Å². The van der Waals surface area contributed by atoms with E-state index in [0.29, 0.717) is 18.8 Å². The molecule has 0 spiro atoms. The van der Waals surface area contributed by atoms with Gasteiger partial charge < -0.3 is 19.9 Å². The molecule has 0 unspecified atom stereocenters. The second kappa shape index (κ2) is 9.02. The molecule has 1 aromatic carbocycles. The molecule has 27 heavy (non-hydrogen) atoms. The Morgan fingerprint density at radius 1 is 1.07 bits per heavy atom. The Bertz CT molecular complexity index is 774. The van der Waals surface area contributed by atoms with Crippen LogP contribution in [0.2, 0.25) is 0 Å². The monoisotopic (exact) mass is 368 g/mol. The number of hydrogen-bond donors (Lipinski definition) is 1. The highest BCUT2D eigenvalue weighted by molar-refractivity contribution is 5.86. The van der Waals surface area contributed by atoms with Crippen molar-refractivity contribution in [3.63, 3.8) is 0 Å². The van der Waals surface area contributed by atoms with Crippen molar-refractivity contribution in [1.29, 1.82) is 0 Å². The number of amides is 2. The van der Waals surface area contributed by atoms with Crippen molar-refractivity contribution in [2.45, 2.75) is 6.42 Å². The number of pyridine rings is 1. The minimum absolute atomic E-state index is 0.0115. The number of anilines is 1. The van der Waals surface area contributed by atoms with Crippen LogP contribution in [-0.4, -0.2) is 61.5 Å². The standard InChI is InChI=1S/C20H24N4O3/c1-27-17-7-3-2-6-16(17)14-19(25)22-15-20(26)24-12-10-23(11-13-24)18-8-4-5-9-21-18/h2-9H,10-15H2,1H3,(H,22,25). The predicted molar refractivity (Wildman–Crippen MR) is 103 cm³/mol. The summed E-state index contributed by atoms with van der Waals surface area (Å²) >= 11 is 0. The maximum absolute atomic E-state index is 12.4. The van der Waals surface area contributed by atoms with Crippen LogP contribution in [-0.2, 0) is 16.0 Å². The van der Waals surface area contributed by atoms with E-state index in [1.807, 2.05) is 42.5 Å². The van der Waals surface area contributed by atoms with Crippen LogP contribution in [0.15, 0.2) is 48.7 Å². The molecular formula is C20H24N4O3. The second-order valence-corrected chi connectivity index (χ2v) is 6.32. The van der Waals surface area contributed by atoms with Crippen molar-refractivity contribution in [2.75, 3.05) is 44.7 Å². The summed E-state index contributed by atoms with van der Waals surface area (Å²) < 4.78 is 5.25. The largest absolute Gasteiger partial charge is 0.496 e. The van der Waals surface area contributed by atoms with Gasteiger partial charge in [0.1, 0.15) is 11.6 Å². The van der Waals surface area contributed by atoms with Crippen molar-refractivity contribution in [2.24, 2.45) is 0 Å². The number of benzene rings is 1. The number of carbonyl (C=O) groups is 2. The van der Waals surface area contributed by atoms with Gasteiger partial charge in [0.05, 0.1) is 20.1 Å². The van der Waals surface area contributed by atoms with Crippen LogP contribution in [0.3, 0.4) is 0 Å². The van der Waals surface area contributed by atoms with Crippen molar-refractivity contribution in [3.05, 3.63) is 54.2 Å². The lowest BCUT2D eigenvalue weighted by atomic mass is 10.1. The van der Waals surface area contributed by atoms with Crippen LogP contribution in [0, 0.1) is 0 Å². The van der Waals surface area contributed by atoms with Crippen molar-refractivity contribution in [3.8, 4) is 5.75 Å². The number of carbonyl (C=O) groups excluding carboxylic acids is 2. The molecule has 1 saturated heterocycles. The van der Waals surface area contributed by atoms with Crippen LogP contribution >= 0.6 is 0 Å². The summed E-state index contributed by atoms with van der Waals surface area (Å²) in [7, 11) is 1.57. The first-order valence-electron chi connectivity index (χ1n) is 8.99. The fourth-order valence-corrected chi connectivity index (χ4v) is 3.10. The molecular weight excluding hydrogens is 344 g/mol. The van der Waals surface area contributed by atoms with Crippen LogP contribution in [0.1, 0.15) is 5.56 Å². The number of hydrogen-bond acceptors (Lipinski definition) is 5. The van der Waals surface area contributed by atoms with Gasteiger partial charge in [-0.3, -0.25) is 9.59 Å². The fourth-order valence-electron chi connectivity index (χ4n) is 3.10. The lowest BCUT2D eigenvalue weighted by molar-refractivity contribution is -0.133. The molecule has 0 atom stereocenters. The van der Waals surface area contributed by atoms with Crippen LogP contribution in [0.5, 0.6) is 5.75 Å². The Morgan fingerprint density at radius 2 is 1.81 bits per heavy atom. The van der Waals surface area contributed by atoms with E-state index in [4.69, 9.17) is 4.74 Å². The van der Waals surface area contributed by atoms with Crippen LogP contribution in [0.4, 0.5) is 5.82 Å². The molecule has 0 aliphatic carbocycles. The number of nitrogens with one attached hydrogen (secondary N) is 1. The summed E-state index contributed by atoms with van der Waals surface area (Å²) in [5, 5.41) is 2.71. The van der Waals surface area contributed by atoms with E-state index in [-0.39, 0.29) is 24.8 Å². The second-order valence-electron chi connectivity index (χ2n) is 6.32. The summed E-state index contributed by atoms with van der Waals surface area (Å²) in [5.41, 5.74) is 0.800. The molecule has 1 aliphatic rings. The molecule has 1 N–H and O–H groups in total. The molecule has 2 aromatic rings. The van der Waals surface area contributed by atoms with Crippen LogP contribution < -0.4 is 15.0 Å². The van der Waals surface area contributed by atoms with Gasteiger partial charge in [0.15, 0.2) is 0 Å². The summed E-state index contributed by atoms with van der Waals surface area (Å²) in [6.45, 7) is 2.73. The number of piperazine rings is 1. The molecule has 2 amide bonds. The van der Waals surface area contributed by atoms with Gasteiger partial charge in [0, 0.05) is 37.9 Å². The number of aromatic nitrogens is 1. The lowest BCUT2D eigenvalue weighted by Gasteiger charge is -2.35. The highest BCUT2D eigenvalue weighted by Crippen LogP contribution is 2.17. The van der Waals surface area contributed by atoms with E-state index in [9.17, 15) is 9.59 Å². The lowest BCUT2D eigenvalue weighted by Crippen LogP contribution is -2.51. The van der Waals surface area contributed by atoms with E-state index in [1.165, 1.54) is 0 Å². The van der Waals surface area contributed by atoms with E-state index < -0.39 is 0 Å². The summed E-state index contributed by atoms with van der Waals surface area (Å²) in [6, 6.07) is 13.2. The number of methoxy groups -OCH3 is 1. The predicted octanol–water partition coefficient (Wildman–Crippen LogP) is 1.10. The SMILES string of the molecule is COc1ccccc1CC(=O)NCC(=O)N1CCN(c2ccccn2)CC1. The first kappa shape index (κ1) is 18.7. The molecule has 142 valence electrons. The first-order valence-corrected chi connectivity index (χ1v) is 8.99. The molecule has 1 aromatic heterocycles. The van der Waals surface area contributed by atoms with Gasteiger partial charge in [0.25, 0.3) is 0 Å². The zero-order valence-corrected chi connectivity index (χ0v) is 15.4. The van der Waals surface area contributed by atoms with Gasteiger partial charge >= 0.3 is 0 Å². The zero-order valence-electron chi connectivity index (χ0n) is 15.4. The number of rotatable bonds is 6. The average Bonchev–Trinajstić information content (AvgIpc) is 2.73. The molecule has 3 rings (SSSR count). The molecule has 1 fully saturated rings. The molecule has 2 heterocycles. The van der Waals surface area contributed by atoms with E-state index in [0.717, 1.165) is 24.5 Å². The van der Waals surface area contributed by atoms with Crippen molar-refractivity contribution in [1.82, 2.24) is 15.2 Å². The van der Waals surface area contributed by atoms with Crippen LogP contribution in [0.25, 0.3) is 0 Å². The van der Waals surface area contributed by atoms with Crippen molar-refractivity contribution < 1.29 is 14.3 Å². The first-order chi connectivity index (χ1) is 13.2. The topological polar surface area (TPSA) is 74.8 Å². The van der Waals surface area contributed by atoms with Gasteiger partial charge in [-0.1, -0.05) is 24.3 Å². The van der Waals surface area contributed by atoms with E-state index in [2.05, 4.69) is 15.2 Å². The zero-order chi connectivity index (χ0) is 19.1. The highest BCUT2D eigenvalue weighted by atomic mass is 16.5. The maximum Gasteiger partial charge on any atom is 0.242 e. The molecule has 1 aliphatic heterocycles. The number of para-hydroxylation sites is 1. The highest BCUT2D eigenvalue weighted by Gasteiger charge is 2.22. The fraction of sp³-hybridized carbons (Fsp3) is 0.350.